The van der Waals surface area contributed by atoms with Crippen molar-refractivity contribution in [3.63, 3.8) is 0 Å². The molecule has 2 aromatic carbocycles. The molecule has 1 aromatic heterocycles. The third-order valence-electron chi connectivity index (χ3n) is 5.62. The Morgan fingerprint density at radius 3 is 2.21 bits per heavy atom. The number of piperazine rings is 1. The highest BCUT2D eigenvalue weighted by atomic mass is 19.4. The van der Waals surface area contributed by atoms with Gasteiger partial charge in [-0.15, -0.1) is 0 Å². The number of alkyl halides is 3. The minimum Gasteiger partial charge on any atom is -0.496 e. The molecule has 1 amide bonds. The number of benzene rings is 2. The molecule has 1 saturated heterocycles. The lowest BCUT2D eigenvalue weighted by atomic mass is 10.00. The Morgan fingerprint density at radius 2 is 1.61 bits per heavy atom. The second-order valence-corrected chi connectivity index (χ2v) is 7.72. The van der Waals surface area contributed by atoms with E-state index in [1.165, 1.54) is 19.2 Å². The first-order valence-corrected chi connectivity index (χ1v) is 10.5. The van der Waals surface area contributed by atoms with Gasteiger partial charge in [0.2, 0.25) is 0 Å². The molecule has 0 aliphatic carbocycles. The number of halogens is 3. The summed E-state index contributed by atoms with van der Waals surface area (Å²) in [6, 6.07) is 11.7. The predicted molar refractivity (Wildman–Crippen MR) is 117 cm³/mol. The second-order valence-electron chi connectivity index (χ2n) is 7.72. The standard InChI is InChI=1S/C24H23F3N4O2/c1-33-21-8-5-18(17-3-6-19(7-4-17)24(25,26)27)15-20(21)23(32)31-13-11-30(12-14-31)16-22-28-9-2-10-29-22/h2-10,15H,11-14,16H2,1H3. The van der Waals surface area contributed by atoms with Crippen molar-refractivity contribution in [1.29, 1.82) is 0 Å². The van der Waals surface area contributed by atoms with Crippen LogP contribution in [0.15, 0.2) is 60.9 Å². The Bertz CT molecular complexity index is 1100. The van der Waals surface area contributed by atoms with Gasteiger partial charge in [-0.1, -0.05) is 18.2 Å². The van der Waals surface area contributed by atoms with E-state index in [0.29, 0.717) is 55.2 Å². The van der Waals surface area contributed by atoms with Crippen LogP contribution in [0.3, 0.4) is 0 Å². The molecule has 0 radical (unpaired) electrons. The number of hydrogen-bond acceptors (Lipinski definition) is 5. The molecular formula is C24H23F3N4O2. The number of hydrogen-bond donors (Lipinski definition) is 0. The highest BCUT2D eigenvalue weighted by Gasteiger charge is 2.30. The Kier molecular flexibility index (Phi) is 6.60. The van der Waals surface area contributed by atoms with Crippen molar-refractivity contribution >= 4 is 5.91 Å². The van der Waals surface area contributed by atoms with Gasteiger partial charge < -0.3 is 9.64 Å². The number of amides is 1. The van der Waals surface area contributed by atoms with Crippen molar-refractivity contribution in [3.05, 3.63) is 77.9 Å². The highest BCUT2D eigenvalue weighted by Crippen LogP contribution is 2.32. The van der Waals surface area contributed by atoms with Gasteiger partial charge in [0.25, 0.3) is 5.91 Å². The second kappa shape index (κ2) is 9.58. The number of methoxy groups -OCH3 is 1. The average Bonchev–Trinajstić information content (AvgIpc) is 2.84. The third kappa shape index (κ3) is 5.31. The lowest BCUT2D eigenvalue weighted by Gasteiger charge is -2.34. The number of aromatic nitrogens is 2. The summed E-state index contributed by atoms with van der Waals surface area (Å²) in [7, 11) is 1.49. The van der Waals surface area contributed by atoms with Crippen LogP contribution in [0.4, 0.5) is 13.2 Å². The minimum absolute atomic E-state index is 0.170. The smallest absolute Gasteiger partial charge is 0.416 e. The molecule has 172 valence electrons. The van der Waals surface area contributed by atoms with Crippen LogP contribution >= 0.6 is 0 Å². The molecule has 9 heteroatoms. The number of nitrogens with zero attached hydrogens (tertiary/aromatic N) is 4. The van der Waals surface area contributed by atoms with E-state index in [-0.39, 0.29) is 5.91 Å². The first-order chi connectivity index (χ1) is 15.8. The molecular weight excluding hydrogens is 433 g/mol. The fraction of sp³-hybridized carbons (Fsp3) is 0.292. The number of carbonyl (C=O) groups is 1. The molecule has 1 aliphatic heterocycles. The van der Waals surface area contributed by atoms with Crippen molar-refractivity contribution in [2.75, 3.05) is 33.3 Å². The molecule has 6 nitrogen and oxygen atoms in total. The van der Waals surface area contributed by atoms with Gasteiger partial charge >= 0.3 is 6.18 Å². The summed E-state index contributed by atoms with van der Waals surface area (Å²) >= 11 is 0. The van der Waals surface area contributed by atoms with Crippen molar-refractivity contribution in [1.82, 2.24) is 19.8 Å². The zero-order valence-corrected chi connectivity index (χ0v) is 18.0. The quantitative estimate of drug-likeness (QED) is 0.578. The summed E-state index contributed by atoms with van der Waals surface area (Å²) in [4.78, 5) is 25.7. The molecule has 0 spiro atoms. The normalized spacial score (nSPS) is 14.8. The molecule has 1 fully saturated rings. The SMILES string of the molecule is COc1ccc(-c2ccc(C(F)(F)F)cc2)cc1C(=O)N1CCN(Cc2ncccn2)CC1. The summed E-state index contributed by atoms with van der Waals surface area (Å²) < 4.78 is 44.0. The van der Waals surface area contributed by atoms with Crippen LogP contribution in [0, 0.1) is 0 Å². The maximum atomic E-state index is 13.3. The molecule has 2 heterocycles. The van der Waals surface area contributed by atoms with E-state index < -0.39 is 11.7 Å². The zero-order valence-electron chi connectivity index (χ0n) is 18.0. The Labute approximate surface area is 189 Å². The third-order valence-corrected chi connectivity index (χ3v) is 5.62. The van der Waals surface area contributed by atoms with E-state index in [9.17, 15) is 18.0 Å². The van der Waals surface area contributed by atoms with Crippen molar-refractivity contribution in [2.45, 2.75) is 12.7 Å². The van der Waals surface area contributed by atoms with Crippen LogP contribution in [0.1, 0.15) is 21.7 Å². The van der Waals surface area contributed by atoms with Crippen molar-refractivity contribution in [2.24, 2.45) is 0 Å². The number of carbonyl (C=O) groups excluding carboxylic acids is 1. The van der Waals surface area contributed by atoms with Gasteiger partial charge in [0, 0.05) is 38.6 Å². The minimum atomic E-state index is -4.39. The molecule has 0 unspecified atom stereocenters. The van der Waals surface area contributed by atoms with Crippen LogP contribution in [0.25, 0.3) is 11.1 Å². The van der Waals surface area contributed by atoms with E-state index in [1.807, 2.05) is 0 Å². The number of rotatable bonds is 5. The predicted octanol–water partition coefficient (Wildman–Crippen LogP) is 4.13. The molecule has 1 aliphatic rings. The van der Waals surface area contributed by atoms with Crippen LogP contribution in [-0.2, 0) is 12.7 Å². The molecule has 0 saturated carbocycles. The van der Waals surface area contributed by atoms with Gasteiger partial charge in [0.05, 0.1) is 24.8 Å². The molecule has 3 aromatic rings. The lowest BCUT2D eigenvalue weighted by molar-refractivity contribution is -0.137. The van der Waals surface area contributed by atoms with Gasteiger partial charge in [0.15, 0.2) is 0 Å². The maximum Gasteiger partial charge on any atom is 0.416 e. The largest absolute Gasteiger partial charge is 0.496 e. The molecule has 0 N–H and O–H groups in total. The van der Waals surface area contributed by atoms with Crippen LogP contribution in [-0.4, -0.2) is 59.0 Å². The Hall–Kier alpha value is -3.46. The van der Waals surface area contributed by atoms with Crippen molar-refractivity contribution in [3.8, 4) is 16.9 Å². The zero-order chi connectivity index (χ0) is 23.4. The van der Waals surface area contributed by atoms with Gasteiger partial charge in [-0.25, -0.2) is 9.97 Å². The molecule has 0 bridgehead atoms. The monoisotopic (exact) mass is 456 g/mol. The highest BCUT2D eigenvalue weighted by molar-refractivity contribution is 5.98. The van der Waals surface area contributed by atoms with Crippen LogP contribution in [0.5, 0.6) is 5.75 Å². The molecule has 4 rings (SSSR count). The molecule has 33 heavy (non-hydrogen) atoms. The van der Waals surface area contributed by atoms with E-state index in [2.05, 4.69) is 14.9 Å². The van der Waals surface area contributed by atoms with Gasteiger partial charge in [-0.3, -0.25) is 9.69 Å². The first-order valence-electron chi connectivity index (χ1n) is 10.5. The van der Waals surface area contributed by atoms with Crippen molar-refractivity contribution < 1.29 is 22.7 Å². The first kappa shape index (κ1) is 22.7. The fourth-order valence-corrected chi connectivity index (χ4v) is 3.80. The van der Waals surface area contributed by atoms with Crippen LogP contribution in [0.2, 0.25) is 0 Å². The van der Waals surface area contributed by atoms with Crippen LogP contribution < -0.4 is 4.74 Å². The Balaban J connectivity index is 1.48. The summed E-state index contributed by atoms with van der Waals surface area (Å²) in [6.45, 7) is 3.07. The maximum absolute atomic E-state index is 13.3. The van der Waals surface area contributed by atoms with E-state index in [1.54, 1.807) is 41.6 Å². The summed E-state index contributed by atoms with van der Waals surface area (Å²) in [5.74, 6) is 0.996. The fourth-order valence-electron chi connectivity index (χ4n) is 3.80. The van der Waals surface area contributed by atoms with E-state index in [0.717, 1.165) is 18.0 Å². The average molecular weight is 456 g/mol. The molecule has 0 atom stereocenters. The topological polar surface area (TPSA) is 58.6 Å². The van der Waals surface area contributed by atoms with Gasteiger partial charge in [-0.05, 0) is 41.5 Å². The lowest BCUT2D eigenvalue weighted by Crippen LogP contribution is -2.48. The van der Waals surface area contributed by atoms with E-state index >= 15 is 0 Å². The van der Waals surface area contributed by atoms with Gasteiger partial charge in [-0.2, -0.15) is 13.2 Å². The summed E-state index contributed by atoms with van der Waals surface area (Å²) in [5, 5.41) is 0. The summed E-state index contributed by atoms with van der Waals surface area (Å²) in [6.07, 6.45) is -0.982. The Morgan fingerprint density at radius 1 is 0.970 bits per heavy atom. The summed E-state index contributed by atoms with van der Waals surface area (Å²) in [5.41, 5.74) is 0.907. The van der Waals surface area contributed by atoms with Gasteiger partial charge in [0.1, 0.15) is 11.6 Å². The van der Waals surface area contributed by atoms with E-state index in [4.69, 9.17) is 4.74 Å². The number of ether oxygens (including phenoxy) is 1.